The first-order valence-electron chi connectivity index (χ1n) is 10.7. The van der Waals surface area contributed by atoms with Crippen LogP contribution in [-0.2, 0) is 4.79 Å². The Hall–Kier alpha value is -1.84. The van der Waals surface area contributed by atoms with Gasteiger partial charge in [-0.2, -0.15) is 0 Å². The molecule has 1 aromatic carbocycles. The van der Waals surface area contributed by atoms with E-state index in [1.54, 1.807) is 0 Å². The second-order valence-electron chi connectivity index (χ2n) is 9.67. The molecule has 4 heteroatoms. The van der Waals surface area contributed by atoms with Gasteiger partial charge >= 0.3 is 0 Å². The third-order valence-corrected chi connectivity index (χ3v) is 7.87. The minimum atomic E-state index is 0.0255. The lowest BCUT2D eigenvalue weighted by Gasteiger charge is -2.59. The molecule has 0 unspecified atom stereocenters. The summed E-state index contributed by atoms with van der Waals surface area (Å²) in [5, 5.41) is 3.33. The van der Waals surface area contributed by atoms with Gasteiger partial charge in [0.25, 0.3) is 5.91 Å². The van der Waals surface area contributed by atoms with Crippen molar-refractivity contribution in [3.05, 3.63) is 29.8 Å². The predicted molar refractivity (Wildman–Crippen MR) is 106 cm³/mol. The lowest BCUT2D eigenvalue weighted by atomic mass is 9.48. The van der Waals surface area contributed by atoms with Crippen molar-refractivity contribution in [2.45, 2.75) is 64.3 Å². The van der Waals surface area contributed by atoms with Crippen molar-refractivity contribution in [3.63, 3.8) is 0 Å². The molecule has 1 heterocycles. The quantitative estimate of drug-likeness (QED) is 0.870. The lowest BCUT2D eigenvalue weighted by molar-refractivity contribution is -0.117. The van der Waals surface area contributed by atoms with Crippen molar-refractivity contribution in [2.24, 2.45) is 23.2 Å². The molecule has 4 aliphatic carbocycles. The molecule has 0 radical (unpaired) electrons. The molecule has 1 aliphatic heterocycles. The van der Waals surface area contributed by atoms with Crippen LogP contribution in [0.2, 0.25) is 0 Å². The topological polar surface area (TPSA) is 49.4 Å². The second kappa shape index (κ2) is 6.35. The molecule has 0 aromatic heterocycles. The van der Waals surface area contributed by atoms with E-state index >= 15 is 0 Å². The minimum Gasteiger partial charge on any atom is -0.349 e. The summed E-state index contributed by atoms with van der Waals surface area (Å²) in [5.41, 5.74) is 1.93. The lowest BCUT2D eigenvalue weighted by Crippen LogP contribution is -2.55. The number of nitrogens with zero attached hydrogens (tertiary/aromatic N) is 1. The highest BCUT2D eigenvalue weighted by Gasteiger charge is 2.53. The Kier molecular flexibility index (Phi) is 4.06. The monoisotopic (exact) mass is 366 g/mol. The maximum atomic E-state index is 12.9. The van der Waals surface area contributed by atoms with Gasteiger partial charge in [-0.05, 0) is 99.3 Å². The van der Waals surface area contributed by atoms with Crippen LogP contribution in [0.3, 0.4) is 0 Å². The molecular formula is C23H30N2O2. The first kappa shape index (κ1) is 17.3. The number of rotatable bonds is 4. The summed E-state index contributed by atoms with van der Waals surface area (Å²) in [6.45, 7) is 3.01. The van der Waals surface area contributed by atoms with Crippen molar-refractivity contribution in [1.29, 1.82) is 0 Å². The molecule has 0 spiro atoms. The van der Waals surface area contributed by atoms with E-state index in [-0.39, 0.29) is 17.9 Å². The highest BCUT2D eigenvalue weighted by atomic mass is 16.2. The number of benzene rings is 1. The van der Waals surface area contributed by atoms with Crippen molar-refractivity contribution < 1.29 is 9.59 Å². The average molecular weight is 367 g/mol. The molecule has 1 N–H and O–H groups in total. The third-order valence-electron chi connectivity index (χ3n) is 7.87. The average Bonchev–Trinajstić information content (AvgIpc) is 3.06. The Morgan fingerprint density at radius 1 is 1.07 bits per heavy atom. The maximum Gasteiger partial charge on any atom is 0.251 e. The predicted octanol–water partition coefficient (Wildman–Crippen LogP) is 4.15. The van der Waals surface area contributed by atoms with E-state index in [1.165, 1.54) is 38.5 Å². The van der Waals surface area contributed by atoms with Crippen LogP contribution < -0.4 is 10.2 Å². The molecular weight excluding hydrogens is 336 g/mol. The molecule has 4 bridgehead atoms. The van der Waals surface area contributed by atoms with E-state index in [0.717, 1.165) is 36.4 Å². The maximum absolute atomic E-state index is 12.9. The Balaban J connectivity index is 1.27. The SMILES string of the molecule is C[C@@H](NC(=O)c1ccc(N2CCCC2=O)cc1)C12CC3CC(CC(C3)C1)C2. The van der Waals surface area contributed by atoms with Crippen molar-refractivity contribution in [1.82, 2.24) is 5.32 Å². The molecule has 1 aromatic rings. The molecule has 5 aliphatic rings. The Morgan fingerprint density at radius 3 is 2.19 bits per heavy atom. The molecule has 2 amide bonds. The van der Waals surface area contributed by atoms with Crippen molar-refractivity contribution in [3.8, 4) is 0 Å². The number of carbonyl (C=O) groups is 2. The third kappa shape index (κ3) is 2.97. The van der Waals surface area contributed by atoms with Crippen LogP contribution in [0.1, 0.15) is 68.6 Å². The van der Waals surface area contributed by atoms with Crippen LogP contribution in [-0.4, -0.2) is 24.4 Å². The summed E-state index contributed by atoms with van der Waals surface area (Å²) >= 11 is 0. The van der Waals surface area contributed by atoms with Crippen LogP contribution in [0.5, 0.6) is 0 Å². The number of hydrogen-bond donors (Lipinski definition) is 1. The Bertz CT molecular complexity index is 719. The van der Waals surface area contributed by atoms with E-state index in [2.05, 4.69) is 12.2 Å². The smallest absolute Gasteiger partial charge is 0.251 e. The zero-order valence-corrected chi connectivity index (χ0v) is 16.2. The molecule has 27 heavy (non-hydrogen) atoms. The normalized spacial score (nSPS) is 35.5. The van der Waals surface area contributed by atoms with Gasteiger partial charge in [0.15, 0.2) is 0 Å². The van der Waals surface area contributed by atoms with E-state index in [9.17, 15) is 9.59 Å². The number of nitrogens with one attached hydrogen (secondary N) is 1. The molecule has 1 saturated heterocycles. The molecule has 5 fully saturated rings. The zero-order valence-electron chi connectivity index (χ0n) is 16.2. The number of carbonyl (C=O) groups excluding carboxylic acids is 2. The number of anilines is 1. The van der Waals surface area contributed by atoms with Gasteiger partial charge in [0.2, 0.25) is 5.91 Å². The van der Waals surface area contributed by atoms with Crippen LogP contribution in [0.15, 0.2) is 24.3 Å². The van der Waals surface area contributed by atoms with Crippen LogP contribution in [0.25, 0.3) is 0 Å². The van der Waals surface area contributed by atoms with Gasteiger partial charge in [0.05, 0.1) is 0 Å². The van der Waals surface area contributed by atoms with Crippen molar-refractivity contribution in [2.75, 3.05) is 11.4 Å². The standard InChI is InChI=1S/C23H30N2O2/c1-15(23-12-16-9-17(13-23)11-18(10-16)14-23)24-22(27)19-4-6-20(7-5-19)25-8-2-3-21(25)26/h4-7,15-18H,2-3,8-14H2,1H3,(H,24,27)/t15-,16?,17?,18?,23?/m1/s1. The zero-order chi connectivity index (χ0) is 18.6. The summed E-state index contributed by atoms with van der Waals surface area (Å²) in [6.07, 6.45) is 9.74. The van der Waals surface area contributed by atoms with E-state index in [4.69, 9.17) is 0 Å². The van der Waals surface area contributed by atoms with Gasteiger partial charge in [-0.25, -0.2) is 0 Å². The summed E-state index contributed by atoms with van der Waals surface area (Å²) < 4.78 is 0. The van der Waals surface area contributed by atoms with Gasteiger partial charge in [-0.15, -0.1) is 0 Å². The Labute approximate surface area is 161 Å². The fraction of sp³-hybridized carbons (Fsp3) is 0.652. The number of hydrogen-bond acceptors (Lipinski definition) is 2. The highest BCUT2D eigenvalue weighted by molar-refractivity contribution is 5.97. The molecule has 144 valence electrons. The molecule has 4 saturated carbocycles. The highest BCUT2D eigenvalue weighted by Crippen LogP contribution is 2.61. The van der Waals surface area contributed by atoms with E-state index in [1.807, 2.05) is 29.2 Å². The van der Waals surface area contributed by atoms with Gasteiger partial charge in [-0.3, -0.25) is 9.59 Å². The van der Waals surface area contributed by atoms with Crippen molar-refractivity contribution >= 4 is 17.5 Å². The van der Waals surface area contributed by atoms with Gasteiger partial charge in [-0.1, -0.05) is 0 Å². The summed E-state index contributed by atoms with van der Waals surface area (Å²) in [4.78, 5) is 26.6. The largest absolute Gasteiger partial charge is 0.349 e. The van der Waals surface area contributed by atoms with E-state index in [0.29, 0.717) is 17.4 Å². The van der Waals surface area contributed by atoms with Crippen LogP contribution in [0.4, 0.5) is 5.69 Å². The molecule has 4 nitrogen and oxygen atoms in total. The van der Waals surface area contributed by atoms with Crippen LogP contribution in [0, 0.1) is 23.2 Å². The first-order valence-corrected chi connectivity index (χ1v) is 10.7. The van der Waals surface area contributed by atoms with Gasteiger partial charge in [0.1, 0.15) is 0 Å². The van der Waals surface area contributed by atoms with Crippen LogP contribution >= 0.6 is 0 Å². The first-order chi connectivity index (χ1) is 13.0. The Morgan fingerprint density at radius 2 is 1.67 bits per heavy atom. The van der Waals surface area contributed by atoms with Gasteiger partial charge < -0.3 is 10.2 Å². The summed E-state index contributed by atoms with van der Waals surface area (Å²) in [7, 11) is 0. The number of amides is 2. The summed E-state index contributed by atoms with van der Waals surface area (Å²) in [6, 6.07) is 7.78. The second-order valence-corrected chi connectivity index (χ2v) is 9.67. The fourth-order valence-electron chi connectivity index (χ4n) is 6.85. The molecule has 6 rings (SSSR count). The fourth-order valence-corrected chi connectivity index (χ4v) is 6.85. The molecule has 1 atom stereocenters. The summed E-state index contributed by atoms with van der Waals surface area (Å²) in [5.74, 6) is 2.90. The van der Waals surface area contributed by atoms with Gasteiger partial charge in [0, 0.05) is 30.3 Å². The minimum absolute atomic E-state index is 0.0255. The van der Waals surface area contributed by atoms with E-state index < -0.39 is 0 Å².